The van der Waals surface area contributed by atoms with Gasteiger partial charge in [-0.25, -0.2) is 0 Å². The number of nitrogens with one attached hydrogen (secondary N) is 1. The van der Waals surface area contributed by atoms with Crippen LogP contribution in [0.4, 0.5) is 11.4 Å². The Labute approximate surface area is 184 Å². The van der Waals surface area contributed by atoms with Gasteiger partial charge >= 0.3 is 0 Å². The minimum Gasteiger partial charge on any atom is -0.497 e. The summed E-state index contributed by atoms with van der Waals surface area (Å²) in [4.78, 5) is 12.6. The molecule has 0 fully saturated rings. The van der Waals surface area contributed by atoms with Crippen molar-refractivity contribution in [3.63, 3.8) is 0 Å². The van der Waals surface area contributed by atoms with E-state index in [0.29, 0.717) is 11.1 Å². The molecule has 1 amide bonds. The van der Waals surface area contributed by atoms with E-state index in [4.69, 9.17) is 9.15 Å². The number of carbonyl (C=O) groups is 1. The minimum atomic E-state index is -0.193. The Bertz CT molecular complexity index is 1080. The Morgan fingerprint density at radius 3 is 2.13 bits per heavy atom. The monoisotopic (exact) mass is 432 g/mol. The average Bonchev–Trinajstić information content (AvgIpc) is 3.31. The summed E-state index contributed by atoms with van der Waals surface area (Å²) < 4.78 is 10.8. The zero-order valence-electron chi connectivity index (χ0n) is 16.8. The average molecular weight is 433 g/mol. The second kappa shape index (κ2) is 9.82. The summed E-state index contributed by atoms with van der Waals surface area (Å²) in [6.07, 6.45) is 0. The molecule has 0 aliphatic rings. The molecule has 3 aromatic carbocycles. The molecule has 8 heteroatoms. The lowest BCUT2D eigenvalue weighted by Crippen LogP contribution is -2.39. The van der Waals surface area contributed by atoms with Gasteiger partial charge in [0.05, 0.1) is 24.2 Å². The first-order chi connectivity index (χ1) is 15.2. The van der Waals surface area contributed by atoms with Gasteiger partial charge in [-0.1, -0.05) is 48.2 Å². The van der Waals surface area contributed by atoms with E-state index in [0.717, 1.165) is 22.7 Å². The molecule has 156 valence electrons. The molecule has 1 heterocycles. The van der Waals surface area contributed by atoms with Gasteiger partial charge in [0.1, 0.15) is 5.75 Å². The normalized spacial score (nSPS) is 10.5. The zero-order chi connectivity index (χ0) is 21.5. The van der Waals surface area contributed by atoms with Gasteiger partial charge in [-0.3, -0.25) is 15.2 Å². The highest BCUT2D eigenvalue weighted by molar-refractivity contribution is 7.99. The number of hydrogen-bond acceptors (Lipinski definition) is 7. The summed E-state index contributed by atoms with van der Waals surface area (Å²) in [5.41, 5.74) is 5.43. The summed E-state index contributed by atoms with van der Waals surface area (Å²) >= 11 is 1.18. The summed E-state index contributed by atoms with van der Waals surface area (Å²) in [6.45, 7) is 0. The Kier molecular flexibility index (Phi) is 6.49. The second-order valence-electron chi connectivity index (χ2n) is 6.43. The predicted octanol–water partition coefficient (Wildman–Crippen LogP) is 4.71. The first-order valence-electron chi connectivity index (χ1n) is 9.53. The van der Waals surface area contributed by atoms with Gasteiger partial charge in [0.15, 0.2) is 0 Å². The van der Waals surface area contributed by atoms with E-state index in [1.807, 2.05) is 84.9 Å². The van der Waals surface area contributed by atoms with Crippen LogP contribution in [0.3, 0.4) is 0 Å². The number of amides is 1. The fraction of sp³-hybridized carbons (Fsp3) is 0.0870. The lowest BCUT2D eigenvalue weighted by Gasteiger charge is -2.25. The SMILES string of the molecule is COc1ccc(-c2nnc(SCC(=O)NN(c3ccccc3)c3ccccc3)o2)cc1. The number of carbonyl (C=O) groups excluding carboxylic acids is 1. The van der Waals surface area contributed by atoms with Crippen molar-refractivity contribution >= 4 is 29.0 Å². The van der Waals surface area contributed by atoms with Crippen LogP contribution in [0.15, 0.2) is 94.6 Å². The van der Waals surface area contributed by atoms with Crippen molar-refractivity contribution in [2.75, 3.05) is 17.9 Å². The summed E-state index contributed by atoms with van der Waals surface area (Å²) in [5.74, 6) is 1.07. The highest BCUT2D eigenvalue weighted by atomic mass is 32.2. The number of methoxy groups -OCH3 is 1. The molecule has 4 aromatic rings. The number of anilines is 2. The van der Waals surface area contributed by atoms with Gasteiger partial charge in [0.2, 0.25) is 11.8 Å². The number of rotatable bonds is 8. The van der Waals surface area contributed by atoms with Gasteiger partial charge in [-0.05, 0) is 48.5 Å². The van der Waals surface area contributed by atoms with Crippen molar-refractivity contribution in [1.29, 1.82) is 0 Å². The summed E-state index contributed by atoms with van der Waals surface area (Å²) in [7, 11) is 1.61. The van der Waals surface area contributed by atoms with E-state index in [1.54, 1.807) is 12.1 Å². The van der Waals surface area contributed by atoms with Crippen LogP contribution in [0, 0.1) is 0 Å². The summed E-state index contributed by atoms with van der Waals surface area (Å²) in [5, 5.41) is 10.2. The molecule has 4 rings (SSSR count). The van der Waals surface area contributed by atoms with Crippen LogP contribution >= 0.6 is 11.8 Å². The Morgan fingerprint density at radius 1 is 0.935 bits per heavy atom. The maximum atomic E-state index is 12.6. The fourth-order valence-electron chi connectivity index (χ4n) is 2.83. The molecule has 0 aliphatic heterocycles. The van der Waals surface area contributed by atoms with Crippen LogP contribution in [0.25, 0.3) is 11.5 Å². The van der Waals surface area contributed by atoms with Crippen LogP contribution in [0.5, 0.6) is 5.75 Å². The van der Waals surface area contributed by atoms with Crippen LogP contribution in [-0.2, 0) is 4.79 Å². The van der Waals surface area contributed by atoms with E-state index in [2.05, 4.69) is 15.6 Å². The molecular formula is C23H20N4O3S. The maximum absolute atomic E-state index is 12.6. The fourth-order valence-corrected chi connectivity index (χ4v) is 3.39. The van der Waals surface area contributed by atoms with E-state index >= 15 is 0 Å². The van der Waals surface area contributed by atoms with Crippen LogP contribution in [-0.4, -0.2) is 29.0 Å². The highest BCUT2D eigenvalue weighted by Crippen LogP contribution is 2.26. The number of aromatic nitrogens is 2. The molecule has 0 saturated heterocycles. The predicted molar refractivity (Wildman–Crippen MR) is 120 cm³/mol. The van der Waals surface area contributed by atoms with Crippen molar-refractivity contribution in [3.05, 3.63) is 84.9 Å². The summed E-state index contributed by atoms with van der Waals surface area (Å²) in [6, 6.07) is 26.6. The van der Waals surface area contributed by atoms with Crippen LogP contribution in [0.2, 0.25) is 0 Å². The number of ether oxygens (including phenoxy) is 1. The molecule has 1 N–H and O–H groups in total. The number of nitrogens with zero attached hydrogens (tertiary/aromatic N) is 3. The Hall–Kier alpha value is -3.78. The molecule has 0 unspecified atom stereocenters. The second-order valence-corrected chi connectivity index (χ2v) is 7.36. The smallest absolute Gasteiger partial charge is 0.277 e. The molecule has 31 heavy (non-hydrogen) atoms. The largest absolute Gasteiger partial charge is 0.497 e. The van der Waals surface area contributed by atoms with Gasteiger partial charge < -0.3 is 9.15 Å². The number of hydrazine groups is 1. The van der Waals surface area contributed by atoms with Crippen LogP contribution < -0.4 is 15.2 Å². The minimum absolute atomic E-state index is 0.125. The third kappa shape index (κ3) is 5.23. The van der Waals surface area contributed by atoms with Crippen LogP contribution in [0.1, 0.15) is 0 Å². The van der Waals surface area contributed by atoms with Gasteiger partial charge in [0, 0.05) is 5.56 Å². The quantitative estimate of drug-likeness (QED) is 0.319. The lowest BCUT2D eigenvalue weighted by molar-refractivity contribution is -0.118. The molecule has 0 spiro atoms. The topological polar surface area (TPSA) is 80.5 Å². The molecule has 0 bridgehead atoms. The van der Waals surface area contributed by atoms with E-state index in [1.165, 1.54) is 11.8 Å². The van der Waals surface area contributed by atoms with Crippen molar-refractivity contribution < 1.29 is 13.9 Å². The highest BCUT2D eigenvalue weighted by Gasteiger charge is 2.15. The lowest BCUT2D eigenvalue weighted by atomic mass is 10.2. The molecular weight excluding hydrogens is 412 g/mol. The number of thioether (sulfide) groups is 1. The van der Waals surface area contributed by atoms with Gasteiger partial charge in [-0.2, -0.15) is 0 Å². The zero-order valence-corrected chi connectivity index (χ0v) is 17.6. The molecule has 1 aromatic heterocycles. The first kappa shape index (κ1) is 20.5. The third-order valence-electron chi connectivity index (χ3n) is 4.34. The number of hydrogen-bond donors (Lipinski definition) is 1. The van der Waals surface area contributed by atoms with E-state index < -0.39 is 0 Å². The third-order valence-corrected chi connectivity index (χ3v) is 5.15. The molecule has 0 radical (unpaired) electrons. The molecule has 7 nitrogen and oxygen atoms in total. The van der Waals surface area contributed by atoms with Crippen molar-refractivity contribution in [1.82, 2.24) is 15.6 Å². The molecule has 0 aliphatic carbocycles. The number of para-hydroxylation sites is 2. The van der Waals surface area contributed by atoms with Crippen molar-refractivity contribution in [2.45, 2.75) is 5.22 Å². The Balaban J connectivity index is 1.40. The van der Waals surface area contributed by atoms with E-state index in [9.17, 15) is 4.79 Å². The van der Waals surface area contributed by atoms with Gasteiger partial charge in [-0.15, -0.1) is 10.2 Å². The molecule has 0 atom stereocenters. The standard InChI is InChI=1S/C23H20N4O3S/c1-29-20-14-12-17(13-15-20)22-24-25-23(30-22)31-16-21(28)26-27(18-8-4-2-5-9-18)19-10-6-3-7-11-19/h2-15H,16H2,1H3,(H,26,28). The molecule has 0 saturated carbocycles. The van der Waals surface area contributed by atoms with E-state index in [-0.39, 0.29) is 11.7 Å². The first-order valence-corrected chi connectivity index (χ1v) is 10.5. The Morgan fingerprint density at radius 2 is 1.55 bits per heavy atom. The maximum Gasteiger partial charge on any atom is 0.277 e. The van der Waals surface area contributed by atoms with Crippen molar-refractivity contribution in [3.8, 4) is 17.2 Å². The number of benzene rings is 3. The van der Waals surface area contributed by atoms with Crippen molar-refractivity contribution in [2.24, 2.45) is 0 Å². The van der Waals surface area contributed by atoms with Gasteiger partial charge in [0.25, 0.3) is 5.22 Å².